The number of fused-ring (bicyclic) bond motifs is 2. The van der Waals surface area contributed by atoms with Crippen LogP contribution in [0.15, 0.2) is 52.3 Å². The topological polar surface area (TPSA) is 18.5 Å². The lowest BCUT2D eigenvalue weighted by Gasteiger charge is -2.35. The van der Waals surface area contributed by atoms with Crippen LogP contribution in [0.5, 0.6) is 0 Å². The molecule has 28 heavy (non-hydrogen) atoms. The fraction of sp³-hybridized carbons (Fsp3) is 0.435. The highest BCUT2D eigenvalue weighted by Crippen LogP contribution is 2.49. The summed E-state index contributed by atoms with van der Waals surface area (Å²) in [5.41, 5.74) is 3.88. The second-order valence-corrected chi connectivity index (χ2v) is 9.02. The molecule has 2 aromatic rings. The van der Waals surface area contributed by atoms with Gasteiger partial charge in [-0.15, -0.1) is 0 Å². The van der Waals surface area contributed by atoms with E-state index in [1.54, 1.807) is 0 Å². The second kappa shape index (κ2) is 9.29. The van der Waals surface area contributed by atoms with Crippen LogP contribution in [0.4, 0.5) is 11.4 Å². The third kappa shape index (κ3) is 4.22. The van der Waals surface area contributed by atoms with Crippen molar-refractivity contribution in [2.75, 3.05) is 31.1 Å². The van der Waals surface area contributed by atoms with E-state index in [4.69, 9.17) is 12.2 Å². The Morgan fingerprint density at radius 3 is 2.68 bits per heavy atom. The van der Waals surface area contributed by atoms with Crippen LogP contribution in [-0.4, -0.2) is 36.2 Å². The fourth-order valence-corrected chi connectivity index (χ4v) is 5.50. The maximum absolute atomic E-state index is 5.85. The predicted molar refractivity (Wildman–Crippen MR) is 124 cm³/mol. The van der Waals surface area contributed by atoms with E-state index in [2.05, 4.69) is 64.5 Å². The van der Waals surface area contributed by atoms with Crippen LogP contribution in [0.1, 0.15) is 38.2 Å². The first-order valence-corrected chi connectivity index (χ1v) is 11.7. The van der Waals surface area contributed by atoms with Crippen LogP contribution < -0.4 is 10.2 Å². The zero-order valence-corrected chi connectivity index (χ0v) is 18.2. The van der Waals surface area contributed by atoms with Crippen molar-refractivity contribution in [3.8, 4) is 0 Å². The summed E-state index contributed by atoms with van der Waals surface area (Å²) < 4.78 is 0. The standard InChI is InChI=1S/C23H29N3S2/c1-2-14-24-23(27)26-19-11-3-4-12-20(19)28-21-13-7-9-18(22(21)26)10-8-17-25-15-5-6-16-25/h3-4,7,9,11-13H,2,5-6,8,10,14-17H2,1H3,(H,24,27). The number of para-hydroxylation sites is 2. The lowest BCUT2D eigenvalue weighted by atomic mass is 10.1. The van der Waals surface area contributed by atoms with E-state index in [-0.39, 0.29) is 0 Å². The van der Waals surface area contributed by atoms with Gasteiger partial charge in [-0.2, -0.15) is 0 Å². The normalized spacial score (nSPS) is 16.0. The minimum Gasteiger partial charge on any atom is -0.362 e. The van der Waals surface area contributed by atoms with Crippen LogP contribution in [0.25, 0.3) is 0 Å². The molecular weight excluding hydrogens is 382 g/mol. The Labute approximate surface area is 178 Å². The molecule has 0 radical (unpaired) electrons. The lowest BCUT2D eigenvalue weighted by Crippen LogP contribution is -2.38. The van der Waals surface area contributed by atoms with E-state index in [0.29, 0.717) is 0 Å². The number of likely N-dealkylation sites (tertiary alicyclic amines) is 1. The highest BCUT2D eigenvalue weighted by atomic mass is 32.2. The Balaban J connectivity index is 1.62. The average molecular weight is 412 g/mol. The van der Waals surface area contributed by atoms with Gasteiger partial charge in [0.2, 0.25) is 0 Å². The molecule has 2 aliphatic rings. The van der Waals surface area contributed by atoms with Gasteiger partial charge in [-0.1, -0.05) is 43.0 Å². The number of benzene rings is 2. The minimum atomic E-state index is 0.808. The molecule has 148 valence electrons. The van der Waals surface area contributed by atoms with Crippen LogP contribution >= 0.6 is 24.0 Å². The van der Waals surface area contributed by atoms with E-state index in [1.165, 1.54) is 65.6 Å². The van der Waals surface area contributed by atoms with Gasteiger partial charge in [0, 0.05) is 16.3 Å². The van der Waals surface area contributed by atoms with Crippen LogP contribution in [0.2, 0.25) is 0 Å². The molecule has 5 heteroatoms. The first kappa shape index (κ1) is 19.7. The van der Waals surface area contributed by atoms with Gasteiger partial charge in [0.1, 0.15) is 0 Å². The summed E-state index contributed by atoms with van der Waals surface area (Å²) in [7, 11) is 0. The number of nitrogens with zero attached hydrogens (tertiary/aromatic N) is 2. The molecule has 0 atom stereocenters. The fourth-order valence-electron chi connectivity index (χ4n) is 4.09. The molecule has 0 aliphatic carbocycles. The van der Waals surface area contributed by atoms with Gasteiger partial charge in [-0.25, -0.2) is 0 Å². The van der Waals surface area contributed by atoms with Crippen molar-refractivity contribution in [2.24, 2.45) is 0 Å². The van der Waals surface area contributed by atoms with Crippen molar-refractivity contribution in [1.29, 1.82) is 0 Å². The maximum Gasteiger partial charge on any atom is 0.178 e. The zero-order valence-electron chi connectivity index (χ0n) is 16.6. The summed E-state index contributed by atoms with van der Waals surface area (Å²) in [6.45, 7) is 6.82. The summed E-state index contributed by atoms with van der Waals surface area (Å²) >= 11 is 7.71. The molecule has 0 bridgehead atoms. The van der Waals surface area contributed by atoms with Crippen LogP contribution in [0.3, 0.4) is 0 Å². The molecule has 0 saturated carbocycles. The van der Waals surface area contributed by atoms with Crippen molar-refractivity contribution >= 4 is 40.5 Å². The Morgan fingerprint density at radius 1 is 1.07 bits per heavy atom. The summed E-state index contributed by atoms with van der Waals surface area (Å²) in [4.78, 5) is 7.45. The molecule has 0 aromatic heterocycles. The van der Waals surface area contributed by atoms with Gasteiger partial charge in [0.05, 0.1) is 11.4 Å². The van der Waals surface area contributed by atoms with E-state index in [9.17, 15) is 0 Å². The molecule has 0 spiro atoms. The van der Waals surface area contributed by atoms with Crippen molar-refractivity contribution in [2.45, 2.75) is 48.8 Å². The van der Waals surface area contributed by atoms with E-state index >= 15 is 0 Å². The molecule has 2 aliphatic heterocycles. The second-order valence-electron chi connectivity index (χ2n) is 7.55. The predicted octanol–water partition coefficient (Wildman–Crippen LogP) is 5.60. The SMILES string of the molecule is CCCNC(=S)N1c2ccccc2Sc2cccc(CCCN3CCCC3)c21. The number of anilines is 2. The number of hydrogen-bond donors (Lipinski definition) is 1. The van der Waals surface area contributed by atoms with Crippen molar-refractivity contribution in [3.63, 3.8) is 0 Å². The summed E-state index contributed by atoms with van der Waals surface area (Å²) in [6, 6.07) is 15.3. The quantitative estimate of drug-likeness (QED) is 0.622. The van der Waals surface area contributed by atoms with Gasteiger partial charge in [0.15, 0.2) is 5.11 Å². The van der Waals surface area contributed by atoms with E-state index in [0.717, 1.165) is 24.5 Å². The summed E-state index contributed by atoms with van der Waals surface area (Å²) in [5.74, 6) is 0. The third-order valence-electron chi connectivity index (χ3n) is 5.48. The Bertz CT molecular complexity index is 830. The van der Waals surface area contributed by atoms with Crippen molar-refractivity contribution in [1.82, 2.24) is 10.2 Å². The number of rotatable bonds is 6. The Kier molecular flexibility index (Phi) is 6.55. The van der Waals surface area contributed by atoms with Crippen LogP contribution in [-0.2, 0) is 6.42 Å². The first-order valence-electron chi connectivity index (χ1n) is 10.5. The Morgan fingerprint density at radius 2 is 1.86 bits per heavy atom. The molecule has 0 unspecified atom stereocenters. The summed E-state index contributed by atoms with van der Waals surface area (Å²) in [5, 5.41) is 4.26. The highest BCUT2D eigenvalue weighted by molar-refractivity contribution is 7.99. The molecule has 2 heterocycles. The van der Waals surface area contributed by atoms with Crippen molar-refractivity contribution < 1.29 is 0 Å². The minimum absolute atomic E-state index is 0.808. The molecule has 1 saturated heterocycles. The van der Waals surface area contributed by atoms with Gasteiger partial charge >= 0.3 is 0 Å². The molecule has 3 nitrogen and oxygen atoms in total. The van der Waals surface area contributed by atoms with Gasteiger partial charge in [-0.05, 0) is 87.7 Å². The number of aryl methyl sites for hydroxylation is 1. The molecule has 0 amide bonds. The zero-order chi connectivity index (χ0) is 19.3. The molecule has 4 rings (SSSR count). The van der Waals surface area contributed by atoms with E-state index < -0.39 is 0 Å². The average Bonchev–Trinajstić information content (AvgIpc) is 3.24. The highest BCUT2D eigenvalue weighted by Gasteiger charge is 2.28. The largest absolute Gasteiger partial charge is 0.362 e. The number of nitrogens with one attached hydrogen (secondary N) is 1. The first-order chi connectivity index (χ1) is 13.8. The summed E-state index contributed by atoms with van der Waals surface area (Å²) in [6.07, 6.45) is 6.08. The van der Waals surface area contributed by atoms with E-state index in [1.807, 2.05) is 11.8 Å². The monoisotopic (exact) mass is 411 g/mol. The molecule has 1 N–H and O–H groups in total. The smallest absolute Gasteiger partial charge is 0.178 e. The number of thiocarbonyl (C=S) groups is 1. The lowest BCUT2D eigenvalue weighted by molar-refractivity contribution is 0.334. The molecule has 2 aromatic carbocycles. The Hall–Kier alpha value is -1.56. The molecular formula is C23H29N3S2. The van der Waals surface area contributed by atoms with Crippen LogP contribution in [0, 0.1) is 0 Å². The number of hydrogen-bond acceptors (Lipinski definition) is 3. The van der Waals surface area contributed by atoms with Gasteiger partial charge in [-0.3, -0.25) is 4.90 Å². The third-order valence-corrected chi connectivity index (χ3v) is 6.92. The van der Waals surface area contributed by atoms with Gasteiger partial charge < -0.3 is 10.2 Å². The van der Waals surface area contributed by atoms with Crippen molar-refractivity contribution in [3.05, 3.63) is 48.0 Å². The maximum atomic E-state index is 5.85. The molecule has 1 fully saturated rings. The van der Waals surface area contributed by atoms with Gasteiger partial charge in [0.25, 0.3) is 0 Å².